The van der Waals surface area contributed by atoms with E-state index in [1.54, 1.807) is 0 Å². The highest BCUT2D eigenvalue weighted by Crippen LogP contribution is 2.34. The van der Waals surface area contributed by atoms with E-state index in [4.69, 9.17) is 9.47 Å². The van der Waals surface area contributed by atoms with Crippen LogP contribution in [0.1, 0.15) is 29.9 Å². The van der Waals surface area contributed by atoms with E-state index in [2.05, 4.69) is 36.4 Å². The van der Waals surface area contributed by atoms with Gasteiger partial charge in [0, 0.05) is 14.7 Å². The van der Waals surface area contributed by atoms with Gasteiger partial charge >= 0.3 is 12.1 Å². The quantitative estimate of drug-likeness (QED) is 0.247. The summed E-state index contributed by atoms with van der Waals surface area (Å²) in [5.74, 6) is -2.31. The Morgan fingerprint density at radius 1 is 1.39 bits per heavy atom. The second-order valence-corrected chi connectivity index (χ2v) is 13.4. The van der Waals surface area contributed by atoms with Crippen molar-refractivity contribution >= 4 is 32.7 Å². The topological polar surface area (TPSA) is 65.7 Å². The maximum atomic E-state index is 13.0. The lowest BCUT2D eigenvalue weighted by Crippen LogP contribution is -2.22. The van der Waals surface area contributed by atoms with Gasteiger partial charge in [0.05, 0.1) is 18.6 Å². The molecule has 1 aromatic heterocycles. The normalized spacial score (nSPS) is 14.1. The van der Waals surface area contributed by atoms with Crippen LogP contribution in [0.4, 0.5) is 19.0 Å². The lowest BCUT2D eigenvalue weighted by atomic mass is 9.99. The standard InChI is InChI=1S/C18H28F3N3O3Si/c1-12(13(2)18(19,20)21)10-14-15(17(25)26-4)23-24(16(14)22-3)11-27-8-9-28(5,6)7/h10,13H,3,8-9,11H2,1-2,4-7H3/b12-10+. The number of aromatic nitrogens is 2. The molecule has 1 atom stereocenters. The number of hydrogen-bond acceptors (Lipinski definition) is 5. The van der Waals surface area contributed by atoms with E-state index in [-0.39, 0.29) is 29.4 Å². The second-order valence-electron chi connectivity index (χ2n) is 7.73. The molecule has 1 heterocycles. The summed E-state index contributed by atoms with van der Waals surface area (Å²) in [4.78, 5) is 15.9. The summed E-state index contributed by atoms with van der Waals surface area (Å²) in [6, 6.07) is 0.934. The van der Waals surface area contributed by atoms with E-state index >= 15 is 0 Å². The van der Waals surface area contributed by atoms with E-state index in [0.29, 0.717) is 6.61 Å². The van der Waals surface area contributed by atoms with Crippen LogP contribution < -0.4 is 0 Å². The summed E-state index contributed by atoms with van der Waals surface area (Å²) in [5, 5.41) is 4.13. The average molecular weight is 420 g/mol. The van der Waals surface area contributed by atoms with Crippen molar-refractivity contribution in [2.45, 2.75) is 52.4 Å². The van der Waals surface area contributed by atoms with Crippen LogP contribution in [0.3, 0.4) is 0 Å². The number of hydrogen-bond donors (Lipinski definition) is 0. The number of allylic oxidation sites excluding steroid dienone is 1. The van der Waals surface area contributed by atoms with Gasteiger partial charge < -0.3 is 9.47 Å². The molecule has 0 N–H and O–H groups in total. The van der Waals surface area contributed by atoms with E-state index in [1.165, 1.54) is 24.8 Å². The fraction of sp³-hybridized carbons (Fsp3) is 0.611. The molecule has 0 spiro atoms. The molecule has 0 fully saturated rings. The Kier molecular flexibility index (Phi) is 8.18. The van der Waals surface area contributed by atoms with Gasteiger partial charge in [0.1, 0.15) is 6.73 Å². The van der Waals surface area contributed by atoms with Crippen LogP contribution in [0, 0.1) is 5.92 Å². The molecule has 0 aliphatic carbocycles. The molecule has 1 unspecified atom stereocenters. The molecule has 0 bridgehead atoms. The van der Waals surface area contributed by atoms with Gasteiger partial charge in [-0.2, -0.15) is 18.3 Å². The van der Waals surface area contributed by atoms with Gasteiger partial charge in [-0.05, 0) is 32.7 Å². The third-order valence-electron chi connectivity index (χ3n) is 4.25. The SMILES string of the molecule is C=Nc1c(/C=C(\C)C(C)C(F)(F)F)c(C(=O)OC)nn1COCC[Si](C)(C)C. The van der Waals surface area contributed by atoms with Crippen molar-refractivity contribution in [3.05, 3.63) is 16.8 Å². The Hall–Kier alpha value is -1.94. The van der Waals surface area contributed by atoms with Crippen molar-refractivity contribution in [1.29, 1.82) is 0 Å². The van der Waals surface area contributed by atoms with Gasteiger partial charge in [-0.25, -0.2) is 14.5 Å². The molecule has 158 valence electrons. The van der Waals surface area contributed by atoms with Crippen LogP contribution in [0.2, 0.25) is 25.7 Å². The maximum Gasteiger partial charge on any atom is 0.395 e. The highest BCUT2D eigenvalue weighted by atomic mass is 28.3. The molecule has 1 rings (SSSR count). The maximum absolute atomic E-state index is 13.0. The minimum Gasteiger partial charge on any atom is -0.464 e. The highest BCUT2D eigenvalue weighted by Gasteiger charge is 2.37. The van der Waals surface area contributed by atoms with Gasteiger partial charge in [0.2, 0.25) is 0 Å². The summed E-state index contributed by atoms with van der Waals surface area (Å²) in [5.41, 5.74) is 0.0124. The first-order chi connectivity index (χ1) is 12.8. The molecule has 0 saturated carbocycles. The fourth-order valence-electron chi connectivity index (χ4n) is 2.24. The predicted molar refractivity (Wildman–Crippen MR) is 106 cm³/mol. The van der Waals surface area contributed by atoms with Crippen LogP contribution in [0.15, 0.2) is 10.6 Å². The molecule has 28 heavy (non-hydrogen) atoms. The van der Waals surface area contributed by atoms with Crippen LogP contribution in [-0.4, -0.2) is 50.4 Å². The van der Waals surface area contributed by atoms with Gasteiger partial charge in [-0.1, -0.05) is 25.2 Å². The fourth-order valence-corrected chi connectivity index (χ4v) is 3.00. The number of alkyl halides is 3. The largest absolute Gasteiger partial charge is 0.464 e. The lowest BCUT2D eigenvalue weighted by molar-refractivity contribution is -0.158. The van der Waals surface area contributed by atoms with Crippen molar-refractivity contribution in [1.82, 2.24) is 9.78 Å². The Bertz CT molecular complexity index is 737. The molecule has 6 nitrogen and oxygen atoms in total. The molecular formula is C18H28F3N3O3Si. The number of halogens is 3. The zero-order valence-corrected chi connectivity index (χ0v) is 18.2. The van der Waals surface area contributed by atoms with Gasteiger partial charge in [0.15, 0.2) is 11.5 Å². The number of carbonyl (C=O) groups is 1. The zero-order valence-electron chi connectivity index (χ0n) is 17.2. The molecule has 0 saturated heterocycles. The highest BCUT2D eigenvalue weighted by molar-refractivity contribution is 6.76. The Labute approximate surface area is 164 Å². The number of rotatable bonds is 9. The van der Waals surface area contributed by atoms with Gasteiger partial charge in [0.25, 0.3) is 0 Å². The molecule has 10 heteroatoms. The Morgan fingerprint density at radius 3 is 2.46 bits per heavy atom. The Morgan fingerprint density at radius 2 is 2.00 bits per heavy atom. The summed E-state index contributed by atoms with van der Waals surface area (Å²) >= 11 is 0. The van der Waals surface area contributed by atoms with Crippen LogP contribution >= 0.6 is 0 Å². The van der Waals surface area contributed by atoms with E-state index in [0.717, 1.165) is 13.0 Å². The third kappa shape index (κ3) is 6.59. The summed E-state index contributed by atoms with van der Waals surface area (Å²) in [6.45, 7) is 13.0. The molecule has 1 aromatic rings. The van der Waals surface area contributed by atoms with E-state index in [1.807, 2.05) is 0 Å². The third-order valence-corrected chi connectivity index (χ3v) is 5.95. The van der Waals surface area contributed by atoms with Crippen LogP contribution in [0.25, 0.3) is 6.08 Å². The van der Waals surface area contributed by atoms with Crippen molar-refractivity contribution < 1.29 is 27.4 Å². The van der Waals surface area contributed by atoms with E-state index < -0.39 is 26.1 Å². The van der Waals surface area contributed by atoms with Crippen molar-refractivity contribution in [2.24, 2.45) is 10.9 Å². The minimum absolute atomic E-state index is 0.00450. The number of ether oxygens (including phenoxy) is 2. The van der Waals surface area contributed by atoms with E-state index in [9.17, 15) is 18.0 Å². The van der Waals surface area contributed by atoms with Crippen molar-refractivity contribution in [3.63, 3.8) is 0 Å². The number of esters is 1. The molecule has 0 radical (unpaired) electrons. The monoisotopic (exact) mass is 419 g/mol. The molecule has 0 amide bonds. The number of methoxy groups -OCH3 is 1. The van der Waals surface area contributed by atoms with Crippen molar-refractivity contribution in [2.75, 3.05) is 13.7 Å². The summed E-state index contributed by atoms with van der Waals surface area (Å²) in [6.07, 6.45) is -3.15. The smallest absolute Gasteiger partial charge is 0.395 e. The molecule has 0 aliphatic heterocycles. The summed E-state index contributed by atoms with van der Waals surface area (Å²) in [7, 11) is -0.108. The molecule has 0 aromatic carbocycles. The minimum atomic E-state index is -4.40. The summed E-state index contributed by atoms with van der Waals surface area (Å²) < 4.78 is 50.7. The van der Waals surface area contributed by atoms with Crippen LogP contribution in [-0.2, 0) is 16.2 Å². The lowest BCUT2D eigenvalue weighted by Gasteiger charge is -2.16. The first-order valence-electron chi connectivity index (χ1n) is 8.80. The average Bonchev–Trinajstić information content (AvgIpc) is 2.92. The second kappa shape index (κ2) is 9.51. The number of carbonyl (C=O) groups excluding carboxylic acids is 1. The van der Waals surface area contributed by atoms with Crippen molar-refractivity contribution in [3.8, 4) is 0 Å². The van der Waals surface area contributed by atoms with Gasteiger partial charge in [-0.3, -0.25) is 0 Å². The Balaban J connectivity index is 3.25. The number of nitrogens with zero attached hydrogens (tertiary/aromatic N) is 3. The molecular weight excluding hydrogens is 391 g/mol. The predicted octanol–water partition coefficient (Wildman–Crippen LogP) is 4.92. The van der Waals surface area contributed by atoms with Gasteiger partial charge in [-0.15, -0.1) is 0 Å². The van der Waals surface area contributed by atoms with Crippen LogP contribution in [0.5, 0.6) is 0 Å². The first-order valence-corrected chi connectivity index (χ1v) is 12.5. The zero-order chi connectivity index (χ0) is 21.7. The molecule has 0 aliphatic rings. The first kappa shape index (κ1) is 24.1. The number of aliphatic imine (C=N–C) groups is 1.